The van der Waals surface area contributed by atoms with E-state index in [9.17, 15) is 27.6 Å². The van der Waals surface area contributed by atoms with Crippen LogP contribution in [-0.4, -0.2) is 95.8 Å². The molecule has 56 heavy (non-hydrogen) atoms. The van der Waals surface area contributed by atoms with E-state index >= 15 is 0 Å². The Labute approximate surface area is 328 Å². The van der Waals surface area contributed by atoms with Crippen LogP contribution in [0.1, 0.15) is 97.1 Å². The fraction of sp³-hybridized carbons (Fsp3) is 0.650. The molecule has 1 aromatic heterocycles. The second-order valence-electron chi connectivity index (χ2n) is 17.2. The number of fused-ring (bicyclic) bond motifs is 5. The number of benzene rings is 1. The minimum atomic E-state index is -3.90. The number of sulfonamides is 1. The minimum Gasteiger partial charge on any atom is -0.497 e. The number of ether oxygens (including phenoxy) is 3. The van der Waals surface area contributed by atoms with Crippen molar-refractivity contribution in [1.82, 2.24) is 30.2 Å². The molecule has 2 aromatic rings. The number of carbonyl (C=O) groups is 4. The lowest BCUT2D eigenvalue weighted by molar-refractivity contribution is -0.143. The fourth-order valence-electron chi connectivity index (χ4n) is 8.46. The molecule has 15 nitrogen and oxygen atoms in total. The molecule has 304 valence electrons. The molecule has 3 saturated carbocycles. The van der Waals surface area contributed by atoms with Crippen LogP contribution in [0.3, 0.4) is 0 Å². The minimum absolute atomic E-state index is 0.0245. The Hall–Kier alpha value is -4.47. The molecule has 2 bridgehead atoms. The van der Waals surface area contributed by atoms with Crippen LogP contribution in [0.4, 0.5) is 4.79 Å². The van der Waals surface area contributed by atoms with E-state index in [2.05, 4.69) is 21.9 Å². The highest BCUT2D eigenvalue weighted by atomic mass is 32.2. The number of amides is 4. The highest BCUT2D eigenvalue weighted by Crippen LogP contribution is 2.46. The summed E-state index contributed by atoms with van der Waals surface area (Å²) in [5.41, 5.74) is -0.452. The van der Waals surface area contributed by atoms with E-state index in [1.54, 1.807) is 13.2 Å². The van der Waals surface area contributed by atoms with Gasteiger partial charge in [-0.3, -0.25) is 19.1 Å². The first kappa shape index (κ1) is 39.8. The Bertz CT molecular complexity index is 2000. The summed E-state index contributed by atoms with van der Waals surface area (Å²) in [4.78, 5) is 67.4. The maximum absolute atomic E-state index is 14.7. The summed E-state index contributed by atoms with van der Waals surface area (Å²) in [6.45, 7) is 9.23. The second kappa shape index (κ2) is 15.5. The molecule has 3 aliphatic carbocycles. The van der Waals surface area contributed by atoms with Gasteiger partial charge in [0.2, 0.25) is 27.7 Å². The molecule has 0 radical (unpaired) electrons. The molecular weight excluding hydrogens is 741 g/mol. The van der Waals surface area contributed by atoms with Gasteiger partial charge in [-0.25, -0.2) is 23.2 Å². The predicted molar refractivity (Wildman–Crippen MR) is 206 cm³/mol. The highest BCUT2D eigenvalue weighted by Gasteiger charge is 2.62. The maximum Gasteiger partial charge on any atom is 0.408 e. The average Bonchev–Trinajstić information content (AvgIpc) is 4.04. The monoisotopic (exact) mass is 794 g/mol. The summed E-state index contributed by atoms with van der Waals surface area (Å²) in [6, 6.07) is 3.21. The van der Waals surface area contributed by atoms with Crippen LogP contribution in [0.15, 0.2) is 30.9 Å². The van der Waals surface area contributed by atoms with Gasteiger partial charge in [-0.15, -0.1) is 6.58 Å². The lowest BCUT2D eigenvalue weighted by Gasteiger charge is -2.35. The molecule has 1 aromatic carbocycles. The first-order chi connectivity index (χ1) is 26.6. The van der Waals surface area contributed by atoms with Crippen LogP contribution in [0.5, 0.6) is 11.6 Å². The van der Waals surface area contributed by atoms with Crippen LogP contribution in [0.25, 0.3) is 11.0 Å². The summed E-state index contributed by atoms with van der Waals surface area (Å²) >= 11 is 0. The molecule has 4 fully saturated rings. The van der Waals surface area contributed by atoms with E-state index in [4.69, 9.17) is 24.2 Å². The van der Waals surface area contributed by atoms with Gasteiger partial charge in [0.15, 0.2) is 0 Å². The molecule has 2 aliphatic heterocycles. The maximum atomic E-state index is 14.7. The summed E-state index contributed by atoms with van der Waals surface area (Å²) in [6.07, 6.45) is 7.81. The third-order valence-electron chi connectivity index (χ3n) is 12.0. The average molecular weight is 795 g/mol. The molecule has 5 aliphatic rings. The molecule has 3 heterocycles. The largest absolute Gasteiger partial charge is 0.497 e. The first-order valence-electron chi connectivity index (χ1n) is 19.9. The van der Waals surface area contributed by atoms with Crippen LogP contribution in [0, 0.1) is 17.3 Å². The number of nitrogens with zero attached hydrogens (tertiary/aromatic N) is 3. The third-order valence-corrected chi connectivity index (χ3v) is 13.8. The number of methoxy groups -OCH3 is 1. The van der Waals surface area contributed by atoms with Gasteiger partial charge < -0.3 is 29.7 Å². The number of alkyl carbamates (subject to hydrolysis) is 1. The summed E-state index contributed by atoms with van der Waals surface area (Å²) in [7, 11) is -2.33. The van der Waals surface area contributed by atoms with Gasteiger partial charge in [0, 0.05) is 18.4 Å². The van der Waals surface area contributed by atoms with Crippen molar-refractivity contribution in [3.63, 3.8) is 0 Å². The normalized spacial score (nSPS) is 30.0. The molecule has 3 N–H and O–H groups in total. The summed E-state index contributed by atoms with van der Waals surface area (Å²) in [5.74, 6) is -1.42. The van der Waals surface area contributed by atoms with Crippen molar-refractivity contribution in [2.24, 2.45) is 17.3 Å². The second-order valence-corrected chi connectivity index (χ2v) is 19.1. The zero-order chi connectivity index (χ0) is 40.0. The number of hydrogen-bond acceptors (Lipinski definition) is 11. The fourth-order valence-corrected chi connectivity index (χ4v) is 9.82. The van der Waals surface area contributed by atoms with Gasteiger partial charge in [-0.1, -0.05) is 39.7 Å². The molecule has 4 amide bonds. The van der Waals surface area contributed by atoms with Gasteiger partial charge in [-0.2, -0.15) is 0 Å². The van der Waals surface area contributed by atoms with Gasteiger partial charge in [0.1, 0.15) is 41.3 Å². The van der Waals surface area contributed by atoms with Crippen molar-refractivity contribution in [1.29, 1.82) is 0 Å². The van der Waals surface area contributed by atoms with Crippen LogP contribution >= 0.6 is 0 Å². The number of rotatable bonds is 7. The van der Waals surface area contributed by atoms with Gasteiger partial charge >= 0.3 is 6.09 Å². The topological polar surface area (TPSA) is 195 Å². The van der Waals surface area contributed by atoms with E-state index in [1.165, 1.54) is 11.0 Å². The first-order valence-corrected chi connectivity index (χ1v) is 21.5. The molecule has 7 rings (SSSR count). The Morgan fingerprint density at radius 1 is 1.04 bits per heavy atom. The number of aromatic nitrogens is 2. The van der Waals surface area contributed by atoms with Crippen LogP contribution in [0.2, 0.25) is 0 Å². The van der Waals surface area contributed by atoms with Crippen molar-refractivity contribution in [3.8, 4) is 11.6 Å². The Kier molecular flexibility index (Phi) is 11.0. The highest BCUT2D eigenvalue weighted by molar-refractivity contribution is 7.91. The quantitative estimate of drug-likeness (QED) is 0.342. The van der Waals surface area contributed by atoms with E-state index in [-0.39, 0.29) is 31.4 Å². The smallest absolute Gasteiger partial charge is 0.408 e. The molecular formula is C40H54N6O9S. The van der Waals surface area contributed by atoms with Crippen molar-refractivity contribution in [2.75, 3.05) is 13.7 Å². The zero-order valence-corrected chi connectivity index (χ0v) is 33.5. The van der Waals surface area contributed by atoms with Crippen molar-refractivity contribution in [3.05, 3.63) is 36.5 Å². The number of carbonyl (C=O) groups excluding carboxylic acids is 4. The molecule has 16 heteroatoms. The van der Waals surface area contributed by atoms with Gasteiger partial charge in [0.25, 0.3) is 5.91 Å². The van der Waals surface area contributed by atoms with E-state index in [1.807, 2.05) is 32.9 Å². The molecule has 7 atom stereocenters. The Morgan fingerprint density at radius 2 is 1.80 bits per heavy atom. The molecule has 1 saturated heterocycles. The third kappa shape index (κ3) is 8.30. The number of aryl methyl sites for hydroxylation is 1. The number of hydrogen-bond donors (Lipinski definition) is 3. The van der Waals surface area contributed by atoms with E-state index in [0.717, 1.165) is 44.9 Å². The predicted octanol–water partition coefficient (Wildman–Crippen LogP) is 4.08. The van der Waals surface area contributed by atoms with E-state index in [0.29, 0.717) is 47.6 Å². The number of nitrogens with one attached hydrogen (secondary N) is 3. The van der Waals surface area contributed by atoms with Crippen molar-refractivity contribution >= 4 is 44.9 Å². The Balaban J connectivity index is 1.23. The Morgan fingerprint density at radius 3 is 2.50 bits per heavy atom. The van der Waals surface area contributed by atoms with Crippen molar-refractivity contribution in [2.45, 2.75) is 133 Å². The van der Waals surface area contributed by atoms with Crippen LogP contribution < -0.4 is 24.8 Å². The SMILES string of the molecule is C=CC1CC1(NC(=O)C1CC2CN1C(=O)C(C(C)(C)C)NC(=O)OC1CCCC1CCCCCc1nc3ccc(OC)cc3nc1O2)C(=O)NS(=O)(=O)C1CC1. The lowest BCUT2D eigenvalue weighted by atomic mass is 9.85. The zero-order valence-electron chi connectivity index (χ0n) is 32.7. The van der Waals surface area contributed by atoms with Crippen molar-refractivity contribution < 1.29 is 41.8 Å². The standard InChI is InChI=1S/C40H54N6O9S/c1-6-24-21-40(24,37(49)45-56(51,52)27-16-17-27)44-34(47)31-20-26-22-46(31)36(48)33(39(2,3)4)43-38(50)55-32-14-10-12-23(32)11-8-7-9-13-29-35(54-26)42-30-19-25(53-5)15-18-28(30)41-29/h6,15,18-19,23-24,26-27,31-33H,1,7-14,16-17,20-22H2,2-5H3,(H,43,50)(H,44,47)(H,45,49). The van der Waals surface area contributed by atoms with Gasteiger partial charge in [-0.05, 0) is 81.3 Å². The summed E-state index contributed by atoms with van der Waals surface area (Å²) in [5, 5.41) is 5.03. The lowest BCUT2D eigenvalue weighted by Crippen LogP contribution is -2.60. The van der Waals surface area contributed by atoms with E-state index < -0.39 is 74.1 Å². The summed E-state index contributed by atoms with van der Waals surface area (Å²) < 4.78 is 45.7. The van der Waals surface area contributed by atoms with Crippen LogP contribution in [-0.2, 0) is 35.6 Å². The molecule has 0 spiro atoms. The van der Waals surface area contributed by atoms with Gasteiger partial charge in [0.05, 0.1) is 29.9 Å². The molecule has 7 unspecified atom stereocenters.